The maximum atomic E-state index is 13.1. The van der Waals surface area contributed by atoms with Gasteiger partial charge in [-0.2, -0.15) is 13.2 Å². The minimum Gasteiger partial charge on any atom is -0.307 e. The Labute approximate surface area is 125 Å². The van der Waals surface area contributed by atoms with Gasteiger partial charge in [0.2, 0.25) is 0 Å². The second kappa shape index (κ2) is 5.73. The predicted octanol–water partition coefficient (Wildman–Crippen LogP) is 4.11. The second-order valence-corrected chi connectivity index (χ2v) is 6.72. The molecule has 0 amide bonds. The molecule has 0 atom stereocenters. The van der Waals surface area contributed by atoms with Crippen molar-refractivity contribution in [1.29, 1.82) is 0 Å². The molecule has 0 aliphatic heterocycles. The molecule has 2 aromatic rings. The first-order chi connectivity index (χ1) is 9.67. The predicted molar refractivity (Wildman–Crippen MR) is 76.9 cm³/mol. The van der Waals surface area contributed by atoms with Crippen LogP contribution < -0.4 is 5.32 Å². The van der Waals surface area contributed by atoms with Gasteiger partial charge in [-0.1, -0.05) is 0 Å². The summed E-state index contributed by atoms with van der Waals surface area (Å²) in [6.07, 6.45) is -1.37. The van der Waals surface area contributed by atoms with Crippen LogP contribution in [0.1, 0.15) is 31.3 Å². The van der Waals surface area contributed by atoms with Crippen LogP contribution in [0, 0.1) is 0 Å². The van der Waals surface area contributed by atoms with E-state index < -0.39 is 11.9 Å². The lowest BCUT2D eigenvalue weighted by atomic mass is 10.1. The summed E-state index contributed by atoms with van der Waals surface area (Å²) in [6.45, 7) is 5.85. The van der Waals surface area contributed by atoms with E-state index in [4.69, 9.17) is 0 Å². The largest absolute Gasteiger partial charge is 0.434 e. The smallest absolute Gasteiger partial charge is 0.307 e. The first-order valence-electron chi connectivity index (χ1n) is 6.39. The minimum atomic E-state index is -4.45. The van der Waals surface area contributed by atoms with Gasteiger partial charge in [0.15, 0.2) is 5.69 Å². The molecule has 1 N–H and O–H groups in total. The maximum absolute atomic E-state index is 13.1. The zero-order valence-electron chi connectivity index (χ0n) is 12.0. The molecule has 2 aromatic heterocycles. The van der Waals surface area contributed by atoms with E-state index in [0.717, 1.165) is 11.3 Å². The van der Waals surface area contributed by atoms with Crippen LogP contribution in [0.5, 0.6) is 0 Å². The molecule has 2 rings (SSSR count). The highest BCUT2D eigenvalue weighted by molar-refractivity contribution is 7.15. The number of pyridine rings is 1. The summed E-state index contributed by atoms with van der Waals surface area (Å²) in [5.74, 6) is 0. The lowest BCUT2D eigenvalue weighted by molar-refractivity contribution is -0.141. The first-order valence-corrected chi connectivity index (χ1v) is 7.21. The molecule has 0 unspecified atom stereocenters. The molecular weight excluding hydrogens is 299 g/mol. The van der Waals surface area contributed by atoms with Crippen LogP contribution >= 0.6 is 11.3 Å². The van der Waals surface area contributed by atoms with Crippen molar-refractivity contribution < 1.29 is 13.2 Å². The van der Waals surface area contributed by atoms with Gasteiger partial charge in [0.25, 0.3) is 0 Å². The SMILES string of the molecule is CC(C)(C)NCc1sc(-c2cccnc2)nc1C(F)(F)F. The van der Waals surface area contributed by atoms with Gasteiger partial charge in [0.05, 0.1) is 4.88 Å². The average molecular weight is 315 g/mol. The van der Waals surface area contributed by atoms with Crippen LogP contribution in [0.3, 0.4) is 0 Å². The fourth-order valence-electron chi connectivity index (χ4n) is 1.65. The van der Waals surface area contributed by atoms with Crippen LogP contribution in [0.2, 0.25) is 0 Å². The number of nitrogens with zero attached hydrogens (tertiary/aromatic N) is 2. The topological polar surface area (TPSA) is 37.8 Å². The van der Waals surface area contributed by atoms with Crippen molar-refractivity contribution in [1.82, 2.24) is 15.3 Å². The highest BCUT2D eigenvalue weighted by Gasteiger charge is 2.37. The van der Waals surface area contributed by atoms with Gasteiger partial charge >= 0.3 is 6.18 Å². The van der Waals surface area contributed by atoms with E-state index in [1.54, 1.807) is 18.3 Å². The van der Waals surface area contributed by atoms with E-state index in [1.807, 2.05) is 20.8 Å². The number of nitrogens with one attached hydrogen (secondary N) is 1. The third-order valence-electron chi connectivity index (χ3n) is 2.65. The van der Waals surface area contributed by atoms with E-state index in [9.17, 15) is 13.2 Å². The fraction of sp³-hybridized carbons (Fsp3) is 0.429. The molecule has 0 saturated heterocycles. The number of hydrogen-bond acceptors (Lipinski definition) is 4. The van der Waals surface area contributed by atoms with Gasteiger partial charge in [0, 0.05) is 30.0 Å². The molecule has 7 heteroatoms. The molecule has 3 nitrogen and oxygen atoms in total. The molecular formula is C14H16F3N3S. The normalized spacial score (nSPS) is 12.7. The quantitative estimate of drug-likeness (QED) is 0.926. The Kier molecular flexibility index (Phi) is 4.34. The van der Waals surface area contributed by atoms with E-state index in [0.29, 0.717) is 10.6 Å². The van der Waals surface area contributed by atoms with Crippen molar-refractivity contribution in [2.75, 3.05) is 0 Å². The van der Waals surface area contributed by atoms with Crippen LogP contribution in [-0.4, -0.2) is 15.5 Å². The van der Waals surface area contributed by atoms with E-state index >= 15 is 0 Å². The molecule has 0 radical (unpaired) electrons. The summed E-state index contributed by atoms with van der Waals surface area (Å²) >= 11 is 1.05. The Morgan fingerprint density at radius 1 is 1.24 bits per heavy atom. The minimum absolute atomic E-state index is 0.135. The van der Waals surface area contributed by atoms with Crippen LogP contribution in [0.4, 0.5) is 13.2 Å². The fourth-order valence-corrected chi connectivity index (χ4v) is 2.66. The Morgan fingerprint density at radius 3 is 2.48 bits per heavy atom. The van der Waals surface area contributed by atoms with Crippen LogP contribution in [0.25, 0.3) is 10.6 Å². The van der Waals surface area contributed by atoms with Gasteiger partial charge in [-0.15, -0.1) is 11.3 Å². The monoisotopic (exact) mass is 315 g/mol. The summed E-state index contributed by atoms with van der Waals surface area (Å²) in [7, 11) is 0. The summed E-state index contributed by atoms with van der Waals surface area (Å²) in [5, 5.41) is 3.40. The number of rotatable bonds is 3. The molecule has 0 spiro atoms. The Bertz CT molecular complexity index is 600. The Morgan fingerprint density at radius 2 is 1.95 bits per heavy atom. The summed E-state index contributed by atoms with van der Waals surface area (Å²) in [5.41, 5.74) is -0.487. The molecule has 0 aliphatic carbocycles. The van der Waals surface area contributed by atoms with E-state index in [1.165, 1.54) is 6.20 Å². The summed E-state index contributed by atoms with van der Waals surface area (Å²) in [6, 6.07) is 3.38. The molecule has 114 valence electrons. The molecule has 0 aromatic carbocycles. The second-order valence-electron chi connectivity index (χ2n) is 5.63. The Balaban J connectivity index is 2.36. The Hall–Kier alpha value is -1.47. The third-order valence-corrected chi connectivity index (χ3v) is 3.76. The van der Waals surface area contributed by atoms with Gasteiger partial charge in [-0.05, 0) is 32.9 Å². The van der Waals surface area contributed by atoms with Crippen LogP contribution in [0.15, 0.2) is 24.5 Å². The van der Waals surface area contributed by atoms with Crippen molar-refractivity contribution in [3.63, 3.8) is 0 Å². The van der Waals surface area contributed by atoms with E-state index in [-0.39, 0.29) is 17.0 Å². The summed E-state index contributed by atoms with van der Waals surface area (Å²) in [4.78, 5) is 7.87. The molecule has 0 fully saturated rings. The van der Waals surface area contributed by atoms with E-state index in [2.05, 4.69) is 15.3 Å². The number of thiazole rings is 1. The molecule has 0 saturated carbocycles. The lowest BCUT2D eigenvalue weighted by Gasteiger charge is -2.20. The zero-order valence-corrected chi connectivity index (χ0v) is 12.8. The first kappa shape index (κ1) is 15.9. The molecule has 21 heavy (non-hydrogen) atoms. The zero-order chi connectivity index (χ0) is 15.7. The number of alkyl halides is 3. The van der Waals surface area contributed by atoms with Gasteiger partial charge in [-0.3, -0.25) is 4.98 Å². The highest BCUT2D eigenvalue weighted by atomic mass is 32.1. The number of halogens is 3. The standard InChI is InChI=1S/C14H16F3N3S/c1-13(2,3)19-8-10-11(14(15,16)17)20-12(21-10)9-5-4-6-18-7-9/h4-7,19H,8H2,1-3H3. The number of hydrogen-bond donors (Lipinski definition) is 1. The third kappa shape index (κ3) is 4.25. The van der Waals surface area contributed by atoms with Crippen molar-refractivity contribution in [2.45, 2.75) is 39.0 Å². The van der Waals surface area contributed by atoms with Crippen molar-refractivity contribution >= 4 is 11.3 Å². The van der Waals surface area contributed by atoms with Crippen molar-refractivity contribution in [3.8, 4) is 10.6 Å². The van der Waals surface area contributed by atoms with Crippen molar-refractivity contribution in [2.24, 2.45) is 0 Å². The van der Waals surface area contributed by atoms with Gasteiger partial charge < -0.3 is 5.32 Å². The molecule has 0 bridgehead atoms. The van der Waals surface area contributed by atoms with Crippen LogP contribution in [-0.2, 0) is 12.7 Å². The highest BCUT2D eigenvalue weighted by Crippen LogP contribution is 2.37. The molecule has 2 heterocycles. The lowest BCUT2D eigenvalue weighted by Crippen LogP contribution is -2.35. The van der Waals surface area contributed by atoms with Gasteiger partial charge in [0.1, 0.15) is 5.01 Å². The molecule has 0 aliphatic rings. The number of aromatic nitrogens is 2. The summed E-state index contributed by atoms with van der Waals surface area (Å²) < 4.78 is 39.3. The van der Waals surface area contributed by atoms with Crippen molar-refractivity contribution in [3.05, 3.63) is 35.1 Å². The average Bonchev–Trinajstić information content (AvgIpc) is 2.81. The maximum Gasteiger partial charge on any atom is 0.434 e. The van der Waals surface area contributed by atoms with Gasteiger partial charge in [-0.25, -0.2) is 4.98 Å².